The summed E-state index contributed by atoms with van der Waals surface area (Å²) in [6.07, 6.45) is 1.59. The third-order valence-corrected chi connectivity index (χ3v) is 3.03. The van der Waals surface area contributed by atoms with E-state index in [0.717, 1.165) is 24.0 Å². The number of aryl methyl sites for hydroxylation is 1. The van der Waals surface area contributed by atoms with E-state index < -0.39 is 0 Å². The van der Waals surface area contributed by atoms with Crippen LogP contribution in [0.5, 0.6) is 0 Å². The van der Waals surface area contributed by atoms with Gasteiger partial charge in [0.25, 0.3) is 0 Å². The van der Waals surface area contributed by atoms with Gasteiger partial charge in [0.05, 0.1) is 18.1 Å². The van der Waals surface area contributed by atoms with Gasteiger partial charge in [-0.05, 0) is 43.0 Å². The Morgan fingerprint density at radius 3 is 3.00 bits per heavy atom. The summed E-state index contributed by atoms with van der Waals surface area (Å²) in [5, 5.41) is 9.06. The summed E-state index contributed by atoms with van der Waals surface area (Å²) in [7, 11) is 0. The highest BCUT2D eigenvalue weighted by atomic mass is 19.1. The number of hydrogen-bond acceptors (Lipinski definition) is 2. The minimum Gasteiger partial charge on any atom is -0.372 e. The molecule has 2 unspecified atom stereocenters. The van der Waals surface area contributed by atoms with Crippen LogP contribution in [0.15, 0.2) is 18.2 Å². The minimum atomic E-state index is -0.245. The number of ether oxygens (including phenoxy) is 1. The number of halogens is 1. The van der Waals surface area contributed by atoms with Gasteiger partial charge in [0.15, 0.2) is 0 Å². The van der Waals surface area contributed by atoms with Gasteiger partial charge in [-0.2, -0.15) is 5.26 Å². The van der Waals surface area contributed by atoms with E-state index >= 15 is 0 Å². The Balaban J connectivity index is 2.31. The molecule has 1 heterocycles. The van der Waals surface area contributed by atoms with E-state index in [-0.39, 0.29) is 17.8 Å². The Morgan fingerprint density at radius 2 is 2.31 bits per heavy atom. The molecular formula is C13H14FNO. The van der Waals surface area contributed by atoms with E-state index in [1.807, 2.05) is 6.92 Å². The zero-order chi connectivity index (χ0) is 11.5. The number of nitrogens with zero attached hydrogens (tertiary/aromatic N) is 1. The smallest absolute Gasteiger partial charge is 0.123 e. The maximum Gasteiger partial charge on any atom is 0.123 e. The second-order valence-electron chi connectivity index (χ2n) is 4.17. The number of rotatable bonds is 1. The Bertz CT molecular complexity index is 424. The number of hydrogen-bond donors (Lipinski definition) is 0. The maximum absolute atomic E-state index is 13.0. The lowest BCUT2D eigenvalue weighted by Gasteiger charge is -2.28. The molecule has 0 spiro atoms. The second-order valence-corrected chi connectivity index (χ2v) is 4.17. The van der Waals surface area contributed by atoms with Crippen LogP contribution in [0.2, 0.25) is 0 Å². The summed E-state index contributed by atoms with van der Waals surface area (Å²) in [6.45, 7) is 2.53. The molecule has 16 heavy (non-hydrogen) atoms. The molecule has 1 aliphatic heterocycles. The first kappa shape index (κ1) is 11.1. The zero-order valence-corrected chi connectivity index (χ0v) is 9.24. The van der Waals surface area contributed by atoms with E-state index in [0.29, 0.717) is 6.61 Å². The number of benzene rings is 1. The van der Waals surface area contributed by atoms with Crippen molar-refractivity contribution >= 4 is 0 Å². The first-order valence-electron chi connectivity index (χ1n) is 5.49. The highest BCUT2D eigenvalue weighted by molar-refractivity contribution is 5.30. The van der Waals surface area contributed by atoms with Gasteiger partial charge < -0.3 is 4.74 Å². The summed E-state index contributed by atoms with van der Waals surface area (Å²) >= 11 is 0. The summed E-state index contributed by atoms with van der Waals surface area (Å²) in [5.74, 6) is -0.358. The predicted molar refractivity (Wildman–Crippen MR) is 58.2 cm³/mol. The third kappa shape index (κ3) is 2.07. The molecule has 2 rings (SSSR count). The molecule has 0 N–H and O–H groups in total. The first-order chi connectivity index (χ1) is 7.72. The highest BCUT2D eigenvalue weighted by Crippen LogP contribution is 2.34. The molecule has 1 aliphatic rings. The minimum absolute atomic E-state index is 0.113. The van der Waals surface area contributed by atoms with E-state index in [2.05, 4.69) is 6.07 Å². The topological polar surface area (TPSA) is 33.0 Å². The van der Waals surface area contributed by atoms with Crippen LogP contribution in [0.4, 0.5) is 4.39 Å². The van der Waals surface area contributed by atoms with Crippen LogP contribution in [0.3, 0.4) is 0 Å². The second kappa shape index (κ2) is 4.63. The van der Waals surface area contributed by atoms with Gasteiger partial charge in [-0.1, -0.05) is 6.07 Å². The summed E-state index contributed by atoms with van der Waals surface area (Å²) in [5.41, 5.74) is 1.79. The van der Waals surface area contributed by atoms with Crippen LogP contribution < -0.4 is 0 Å². The van der Waals surface area contributed by atoms with Crippen molar-refractivity contribution < 1.29 is 9.13 Å². The fraction of sp³-hybridized carbons (Fsp3) is 0.462. The Kier molecular flexibility index (Phi) is 3.21. The fourth-order valence-corrected chi connectivity index (χ4v) is 2.18. The molecule has 0 aromatic heterocycles. The molecule has 2 atom stereocenters. The molecule has 1 saturated heterocycles. The number of nitriles is 1. The van der Waals surface area contributed by atoms with Gasteiger partial charge in [0.1, 0.15) is 5.82 Å². The summed E-state index contributed by atoms with van der Waals surface area (Å²) in [4.78, 5) is 0. The van der Waals surface area contributed by atoms with E-state index in [1.165, 1.54) is 12.1 Å². The van der Waals surface area contributed by atoms with Gasteiger partial charge >= 0.3 is 0 Å². The van der Waals surface area contributed by atoms with Crippen molar-refractivity contribution in [1.82, 2.24) is 0 Å². The molecule has 0 amide bonds. The standard InChI is InChI=1S/C13H14FNO/c1-9-7-11(14)4-5-12(9)13-10(8-15)3-2-6-16-13/h4-5,7,10,13H,2-3,6H2,1H3. The SMILES string of the molecule is Cc1cc(F)ccc1C1OCCCC1C#N. The Morgan fingerprint density at radius 1 is 1.50 bits per heavy atom. The zero-order valence-electron chi connectivity index (χ0n) is 9.24. The largest absolute Gasteiger partial charge is 0.372 e. The van der Waals surface area contributed by atoms with Crippen molar-refractivity contribution in [3.63, 3.8) is 0 Å². The van der Waals surface area contributed by atoms with Crippen molar-refractivity contribution in [3.8, 4) is 6.07 Å². The van der Waals surface area contributed by atoms with Gasteiger partial charge in [0, 0.05) is 6.61 Å². The predicted octanol–water partition coefficient (Wildman–Crippen LogP) is 3.13. The lowest BCUT2D eigenvalue weighted by atomic mass is 9.88. The van der Waals surface area contributed by atoms with Crippen molar-refractivity contribution in [3.05, 3.63) is 35.1 Å². The van der Waals surface area contributed by atoms with Gasteiger partial charge in [0.2, 0.25) is 0 Å². The van der Waals surface area contributed by atoms with E-state index in [9.17, 15) is 4.39 Å². The lowest BCUT2D eigenvalue weighted by molar-refractivity contribution is -0.0105. The van der Waals surface area contributed by atoms with Crippen LogP contribution in [0, 0.1) is 30.0 Å². The average Bonchev–Trinajstić information content (AvgIpc) is 2.29. The molecule has 0 saturated carbocycles. The van der Waals surface area contributed by atoms with Gasteiger partial charge in [-0.3, -0.25) is 0 Å². The van der Waals surface area contributed by atoms with Gasteiger partial charge in [-0.15, -0.1) is 0 Å². The molecule has 0 radical (unpaired) electrons. The Labute approximate surface area is 94.7 Å². The van der Waals surface area contributed by atoms with Crippen molar-refractivity contribution in [1.29, 1.82) is 5.26 Å². The molecule has 84 valence electrons. The molecular weight excluding hydrogens is 205 g/mol. The molecule has 0 bridgehead atoms. The monoisotopic (exact) mass is 219 g/mol. The quantitative estimate of drug-likeness (QED) is 0.727. The van der Waals surface area contributed by atoms with Crippen molar-refractivity contribution in [2.24, 2.45) is 5.92 Å². The van der Waals surface area contributed by atoms with Crippen LogP contribution in [-0.2, 0) is 4.74 Å². The van der Waals surface area contributed by atoms with E-state index in [4.69, 9.17) is 10.00 Å². The molecule has 0 aliphatic carbocycles. The summed E-state index contributed by atoms with van der Waals surface area (Å²) in [6, 6.07) is 6.92. The van der Waals surface area contributed by atoms with Crippen molar-refractivity contribution in [2.45, 2.75) is 25.9 Å². The molecule has 2 nitrogen and oxygen atoms in total. The maximum atomic E-state index is 13.0. The molecule has 1 aromatic carbocycles. The van der Waals surface area contributed by atoms with Gasteiger partial charge in [-0.25, -0.2) is 4.39 Å². The normalized spacial score (nSPS) is 25.1. The average molecular weight is 219 g/mol. The fourth-order valence-electron chi connectivity index (χ4n) is 2.18. The van der Waals surface area contributed by atoms with Crippen molar-refractivity contribution in [2.75, 3.05) is 6.61 Å². The molecule has 1 fully saturated rings. The van der Waals surface area contributed by atoms with E-state index in [1.54, 1.807) is 6.07 Å². The van der Waals surface area contributed by atoms with Crippen LogP contribution >= 0.6 is 0 Å². The lowest BCUT2D eigenvalue weighted by Crippen LogP contribution is -2.22. The van der Waals surface area contributed by atoms with Crippen LogP contribution in [-0.4, -0.2) is 6.61 Å². The summed E-state index contributed by atoms with van der Waals surface area (Å²) < 4.78 is 18.6. The third-order valence-electron chi connectivity index (χ3n) is 3.03. The van der Waals surface area contributed by atoms with Crippen LogP contribution in [0.25, 0.3) is 0 Å². The highest BCUT2D eigenvalue weighted by Gasteiger charge is 2.28. The Hall–Kier alpha value is -1.40. The molecule has 3 heteroatoms. The van der Waals surface area contributed by atoms with Crippen LogP contribution in [0.1, 0.15) is 30.1 Å². The molecule has 1 aromatic rings. The first-order valence-corrected chi connectivity index (χ1v) is 5.49.